The van der Waals surface area contributed by atoms with Crippen LogP contribution in [0.1, 0.15) is 5.56 Å². The van der Waals surface area contributed by atoms with E-state index in [9.17, 15) is 4.79 Å². The molecule has 1 aromatic heterocycles. The van der Waals surface area contributed by atoms with Crippen molar-refractivity contribution in [2.75, 3.05) is 0 Å². The Morgan fingerprint density at radius 2 is 2.20 bits per heavy atom. The van der Waals surface area contributed by atoms with Crippen molar-refractivity contribution in [2.24, 2.45) is 5.84 Å². The molecule has 2 rings (SSSR count). The van der Waals surface area contributed by atoms with E-state index in [1.54, 1.807) is 11.3 Å². The van der Waals surface area contributed by atoms with Gasteiger partial charge in [0, 0.05) is 11.2 Å². The van der Waals surface area contributed by atoms with E-state index >= 15 is 0 Å². The van der Waals surface area contributed by atoms with Gasteiger partial charge >= 0.3 is 6.03 Å². The van der Waals surface area contributed by atoms with E-state index in [0.717, 1.165) is 5.56 Å². The number of benzene rings is 1. The van der Waals surface area contributed by atoms with Gasteiger partial charge in [-0.1, -0.05) is 18.2 Å². The van der Waals surface area contributed by atoms with Gasteiger partial charge in [0.15, 0.2) is 0 Å². The fourth-order valence-electron chi connectivity index (χ4n) is 1.40. The quantitative estimate of drug-likeness (QED) is 0.409. The topological polar surface area (TPSA) is 67.1 Å². The Morgan fingerprint density at radius 3 is 3.00 bits per heavy atom. The molecule has 0 bridgehead atoms. The van der Waals surface area contributed by atoms with Crippen molar-refractivity contribution < 1.29 is 4.79 Å². The van der Waals surface area contributed by atoms with Crippen LogP contribution in [0.2, 0.25) is 0 Å². The van der Waals surface area contributed by atoms with Crippen molar-refractivity contribution in [1.29, 1.82) is 0 Å². The van der Waals surface area contributed by atoms with Crippen LogP contribution in [0.5, 0.6) is 0 Å². The number of fused-ring (bicyclic) bond motifs is 1. The summed E-state index contributed by atoms with van der Waals surface area (Å²) in [5, 5.41) is 5.88. The zero-order valence-electron chi connectivity index (χ0n) is 7.99. The molecule has 4 nitrogen and oxygen atoms in total. The molecule has 0 saturated heterocycles. The molecule has 0 aliphatic carbocycles. The molecule has 0 atom stereocenters. The molecule has 0 spiro atoms. The van der Waals surface area contributed by atoms with Crippen LogP contribution in [0.15, 0.2) is 29.6 Å². The van der Waals surface area contributed by atoms with Crippen LogP contribution in [0.25, 0.3) is 10.1 Å². The normalized spacial score (nSPS) is 10.2. The van der Waals surface area contributed by atoms with Gasteiger partial charge in [0.25, 0.3) is 0 Å². The first-order valence-corrected chi connectivity index (χ1v) is 5.39. The minimum Gasteiger partial charge on any atom is -0.333 e. The molecule has 4 N–H and O–H groups in total. The lowest BCUT2D eigenvalue weighted by Gasteiger charge is -2.02. The molecule has 1 heterocycles. The summed E-state index contributed by atoms with van der Waals surface area (Å²) in [6, 6.07) is 7.73. The highest BCUT2D eigenvalue weighted by atomic mass is 32.1. The largest absolute Gasteiger partial charge is 0.333 e. The van der Waals surface area contributed by atoms with Crippen molar-refractivity contribution in [2.45, 2.75) is 6.54 Å². The number of hydrazine groups is 1. The number of carbonyl (C=O) groups is 1. The average molecular weight is 221 g/mol. The van der Waals surface area contributed by atoms with Crippen LogP contribution in [0, 0.1) is 0 Å². The molecule has 5 heteroatoms. The average Bonchev–Trinajstić information content (AvgIpc) is 2.69. The zero-order valence-corrected chi connectivity index (χ0v) is 8.80. The Balaban J connectivity index is 2.18. The summed E-state index contributed by atoms with van der Waals surface area (Å²) < 4.78 is 1.22. The molecule has 2 aromatic rings. The Labute approximate surface area is 91.1 Å². The summed E-state index contributed by atoms with van der Waals surface area (Å²) in [5.41, 5.74) is 3.14. The molecule has 0 aliphatic rings. The fourth-order valence-corrected chi connectivity index (χ4v) is 2.36. The number of carbonyl (C=O) groups excluding carboxylic acids is 1. The van der Waals surface area contributed by atoms with Crippen molar-refractivity contribution in [3.05, 3.63) is 35.2 Å². The fraction of sp³-hybridized carbons (Fsp3) is 0.100. The van der Waals surface area contributed by atoms with E-state index in [0.29, 0.717) is 6.54 Å². The molecular weight excluding hydrogens is 210 g/mol. The van der Waals surface area contributed by atoms with Gasteiger partial charge in [0.05, 0.1) is 0 Å². The van der Waals surface area contributed by atoms with Crippen LogP contribution < -0.4 is 16.6 Å². The minimum atomic E-state index is -0.370. The van der Waals surface area contributed by atoms with Gasteiger partial charge in [-0.05, 0) is 22.4 Å². The Bertz CT molecular complexity index is 480. The minimum absolute atomic E-state index is 0.370. The van der Waals surface area contributed by atoms with Gasteiger partial charge in [-0.15, -0.1) is 11.3 Å². The maximum Gasteiger partial charge on any atom is 0.329 e. The molecule has 2 amide bonds. The number of urea groups is 1. The third-order valence-corrected chi connectivity index (χ3v) is 3.14. The molecular formula is C10H11N3OS. The Hall–Kier alpha value is -1.59. The molecule has 0 saturated carbocycles. The second-order valence-electron chi connectivity index (χ2n) is 3.08. The predicted molar refractivity (Wildman–Crippen MR) is 61.4 cm³/mol. The number of thiophene rings is 1. The van der Waals surface area contributed by atoms with E-state index in [4.69, 9.17) is 5.84 Å². The maximum absolute atomic E-state index is 10.9. The summed E-state index contributed by atoms with van der Waals surface area (Å²) in [5.74, 6) is 4.96. The van der Waals surface area contributed by atoms with Crippen LogP contribution in [0.3, 0.4) is 0 Å². The van der Waals surface area contributed by atoms with Gasteiger partial charge in [-0.3, -0.25) is 5.43 Å². The second-order valence-corrected chi connectivity index (χ2v) is 4.00. The number of amides is 2. The summed E-state index contributed by atoms with van der Waals surface area (Å²) in [6.07, 6.45) is 0. The third-order valence-electron chi connectivity index (χ3n) is 2.13. The van der Waals surface area contributed by atoms with Gasteiger partial charge < -0.3 is 5.32 Å². The maximum atomic E-state index is 10.9. The van der Waals surface area contributed by atoms with Crippen LogP contribution in [0.4, 0.5) is 4.79 Å². The molecule has 1 aromatic carbocycles. The highest BCUT2D eigenvalue weighted by Gasteiger charge is 2.03. The molecule has 78 valence electrons. The first-order valence-electron chi connectivity index (χ1n) is 4.51. The summed E-state index contributed by atoms with van der Waals surface area (Å²) in [6.45, 7) is 0.493. The number of nitrogens with one attached hydrogen (secondary N) is 2. The van der Waals surface area contributed by atoms with Gasteiger partial charge in [-0.2, -0.15) is 0 Å². The van der Waals surface area contributed by atoms with E-state index < -0.39 is 0 Å². The lowest BCUT2D eigenvalue weighted by atomic mass is 10.2. The number of rotatable bonds is 2. The summed E-state index contributed by atoms with van der Waals surface area (Å²) in [4.78, 5) is 10.9. The highest BCUT2D eigenvalue weighted by Crippen LogP contribution is 2.25. The molecule has 15 heavy (non-hydrogen) atoms. The molecule has 0 aliphatic heterocycles. The van der Waals surface area contributed by atoms with Crippen molar-refractivity contribution in [3.8, 4) is 0 Å². The SMILES string of the molecule is NNC(=O)NCc1csc2ccccc12. The summed E-state index contributed by atoms with van der Waals surface area (Å²) >= 11 is 1.67. The van der Waals surface area contributed by atoms with Gasteiger partial charge in [0.1, 0.15) is 0 Å². The van der Waals surface area contributed by atoms with Crippen molar-refractivity contribution in [3.63, 3.8) is 0 Å². The van der Waals surface area contributed by atoms with E-state index in [-0.39, 0.29) is 6.03 Å². The summed E-state index contributed by atoms with van der Waals surface area (Å²) in [7, 11) is 0. The second kappa shape index (κ2) is 4.29. The smallest absolute Gasteiger partial charge is 0.329 e. The third kappa shape index (κ3) is 2.08. The first kappa shape index (κ1) is 9.95. The molecule has 0 radical (unpaired) electrons. The number of nitrogens with two attached hydrogens (primary N) is 1. The van der Waals surface area contributed by atoms with E-state index in [1.807, 2.05) is 29.0 Å². The van der Waals surface area contributed by atoms with Crippen LogP contribution >= 0.6 is 11.3 Å². The van der Waals surface area contributed by atoms with Crippen LogP contribution in [-0.2, 0) is 6.54 Å². The first-order chi connectivity index (χ1) is 7.31. The predicted octanol–water partition coefficient (Wildman–Crippen LogP) is 1.57. The van der Waals surface area contributed by atoms with Crippen molar-refractivity contribution in [1.82, 2.24) is 10.7 Å². The van der Waals surface area contributed by atoms with E-state index in [2.05, 4.69) is 11.4 Å². The lowest BCUT2D eigenvalue weighted by molar-refractivity contribution is 0.241. The van der Waals surface area contributed by atoms with Crippen molar-refractivity contribution >= 4 is 27.5 Å². The zero-order chi connectivity index (χ0) is 10.7. The number of hydrogen-bond donors (Lipinski definition) is 3. The molecule has 0 unspecified atom stereocenters. The number of hydrogen-bond acceptors (Lipinski definition) is 3. The standard InChI is InChI=1S/C10H11N3OS/c11-13-10(14)12-5-7-6-15-9-4-2-1-3-8(7)9/h1-4,6H,5,11H2,(H2,12,13,14). The van der Waals surface area contributed by atoms with E-state index in [1.165, 1.54) is 10.1 Å². The Kier molecular flexibility index (Phi) is 2.84. The van der Waals surface area contributed by atoms with Gasteiger partial charge in [-0.25, -0.2) is 10.6 Å². The van der Waals surface area contributed by atoms with Gasteiger partial charge in [0.2, 0.25) is 0 Å². The molecule has 0 fully saturated rings. The lowest BCUT2D eigenvalue weighted by Crippen LogP contribution is -2.39. The Morgan fingerprint density at radius 1 is 1.40 bits per heavy atom. The monoisotopic (exact) mass is 221 g/mol. The van der Waals surface area contributed by atoms with Crippen LogP contribution in [-0.4, -0.2) is 6.03 Å². The highest BCUT2D eigenvalue weighted by molar-refractivity contribution is 7.17.